The molecule has 0 saturated heterocycles. The minimum Gasteiger partial charge on any atom is -0.325 e. The molecule has 1 unspecified atom stereocenters. The molecule has 0 heterocycles. The van der Waals surface area contributed by atoms with E-state index in [0.717, 1.165) is 42.5 Å². The van der Waals surface area contributed by atoms with Crippen molar-refractivity contribution in [1.29, 1.82) is 0 Å². The number of halogens is 2. The molecule has 0 aliphatic heterocycles. The van der Waals surface area contributed by atoms with Gasteiger partial charge >= 0.3 is 0 Å². The number of fused-ring (bicyclic) bond motifs is 2. The van der Waals surface area contributed by atoms with Crippen molar-refractivity contribution >= 4 is 34.8 Å². The predicted octanol–water partition coefficient (Wildman–Crippen LogP) is 5.41. The Bertz CT molecular complexity index is 654. The van der Waals surface area contributed by atoms with Crippen LogP contribution in [-0.2, 0) is 4.79 Å². The summed E-state index contributed by atoms with van der Waals surface area (Å²) in [6.07, 6.45) is 4.34. The second-order valence-electron chi connectivity index (χ2n) is 8.16. The molecule has 3 saturated carbocycles. The topological polar surface area (TPSA) is 29.1 Å². The van der Waals surface area contributed by atoms with Gasteiger partial charge in [0, 0.05) is 11.6 Å². The van der Waals surface area contributed by atoms with Gasteiger partial charge in [0.25, 0.3) is 0 Å². The summed E-state index contributed by atoms with van der Waals surface area (Å²) in [5.41, 5.74) is 4.53. The fourth-order valence-electron chi connectivity index (χ4n) is 5.20. The van der Waals surface area contributed by atoms with Gasteiger partial charge in [-0.2, -0.15) is 0 Å². The Morgan fingerprint density at radius 2 is 1.50 bits per heavy atom. The number of amides is 1. The third kappa shape index (κ3) is 2.66. The first-order valence-corrected chi connectivity index (χ1v) is 9.83. The molecule has 4 rings (SSSR count). The molecule has 1 aromatic carbocycles. The van der Waals surface area contributed by atoms with Gasteiger partial charge in [-0.1, -0.05) is 17.7 Å². The molecule has 2 nitrogen and oxygen atoms in total. The highest BCUT2D eigenvalue weighted by Crippen LogP contribution is 2.67. The van der Waals surface area contributed by atoms with Crippen LogP contribution in [0.1, 0.15) is 42.4 Å². The van der Waals surface area contributed by atoms with Gasteiger partial charge in [-0.3, -0.25) is 4.79 Å². The third-order valence-electron chi connectivity index (χ3n) is 6.55. The van der Waals surface area contributed by atoms with Crippen LogP contribution in [0.25, 0.3) is 0 Å². The van der Waals surface area contributed by atoms with Gasteiger partial charge in [0.05, 0.1) is 0 Å². The smallest absolute Gasteiger partial charge is 0.228 e. The number of benzene rings is 1. The third-order valence-corrected chi connectivity index (χ3v) is 7.67. The molecular weight excluding hydrogens is 341 g/mol. The van der Waals surface area contributed by atoms with Crippen LogP contribution in [0.5, 0.6) is 0 Å². The minimum atomic E-state index is -0.481. The maximum atomic E-state index is 12.8. The average Bonchev–Trinajstić information content (AvgIpc) is 3.27. The molecule has 0 bridgehead atoms. The van der Waals surface area contributed by atoms with Crippen LogP contribution in [0.3, 0.4) is 0 Å². The highest BCUT2D eigenvalue weighted by molar-refractivity contribution is 6.51. The fourth-order valence-corrected chi connectivity index (χ4v) is 6.12. The highest BCUT2D eigenvalue weighted by atomic mass is 35.5. The summed E-state index contributed by atoms with van der Waals surface area (Å²) in [5, 5.41) is 3.21. The van der Waals surface area contributed by atoms with E-state index in [9.17, 15) is 4.79 Å². The highest BCUT2D eigenvalue weighted by Gasteiger charge is 2.65. The molecule has 3 aliphatic rings. The maximum Gasteiger partial charge on any atom is 0.228 e. The van der Waals surface area contributed by atoms with Gasteiger partial charge < -0.3 is 5.32 Å². The Kier molecular flexibility index (Phi) is 3.93. The van der Waals surface area contributed by atoms with Crippen molar-refractivity contribution in [3.8, 4) is 0 Å². The predicted molar refractivity (Wildman–Crippen MR) is 99.6 cm³/mol. The van der Waals surface area contributed by atoms with E-state index in [2.05, 4.69) is 38.2 Å². The molecule has 0 aromatic heterocycles. The number of hydrogen-bond acceptors (Lipinski definition) is 1. The summed E-state index contributed by atoms with van der Waals surface area (Å²) >= 11 is 12.7. The van der Waals surface area contributed by atoms with E-state index in [1.807, 2.05) is 0 Å². The van der Waals surface area contributed by atoms with E-state index < -0.39 is 4.33 Å². The quantitative estimate of drug-likeness (QED) is 0.697. The van der Waals surface area contributed by atoms with Crippen LogP contribution >= 0.6 is 23.2 Å². The van der Waals surface area contributed by atoms with E-state index in [1.165, 1.54) is 5.56 Å². The Morgan fingerprint density at radius 3 is 2.00 bits per heavy atom. The lowest BCUT2D eigenvalue weighted by Crippen LogP contribution is -2.17. The van der Waals surface area contributed by atoms with Crippen LogP contribution < -0.4 is 5.32 Å². The zero-order chi connectivity index (χ0) is 17.2. The van der Waals surface area contributed by atoms with Gasteiger partial charge in [-0.05, 0) is 81.3 Å². The summed E-state index contributed by atoms with van der Waals surface area (Å²) in [7, 11) is 0. The van der Waals surface area contributed by atoms with E-state index in [4.69, 9.17) is 23.2 Å². The molecule has 24 heavy (non-hydrogen) atoms. The average molecular weight is 366 g/mol. The van der Waals surface area contributed by atoms with Crippen molar-refractivity contribution in [2.45, 2.75) is 50.8 Å². The van der Waals surface area contributed by atoms with Crippen molar-refractivity contribution in [3.63, 3.8) is 0 Å². The van der Waals surface area contributed by atoms with Crippen LogP contribution in [0.15, 0.2) is 12.1 Å². The number of carbonyl (C=O) groups excluding carboxylic acids is 1. The molecule has 0 spiro atoms. The number of aryl methyl sites for hydroxylation is 3. The van der Waals surface area contributed by atoms with Crippen LogP contribution in [-0.4, -0.2) is 10.2 Å². The molecule has 1 amide bonds. The number of carbonyl (C=O) groups is 1. The van der Waals surface area contributed by atoms with Crippen LogP contribution in [0, 0.1) is 50.4 Å². The largest absolute Gasteiger partial charge is 0.325 e. The Labute approximate surface area is 154 Å². The molecule has 1 aromatic rings. The maximum absolute atomic E-state index is 12.8. The second-order valence-corrected chi connectivity index (χ2v) is 9.60. The molecule has 3 fully saturated rings. The zero-order valence-corrected chi connectivity index (χ0v) is 16.0. The fraction of sp³-hybridized carbons (Fsp3) is 0.650. The summed E-state index contributed by atoms with van der Waals surface area (Å²) in [6.45, 7) is 6.23. The van der Waals surface area contributed by atoms with Gasteiger partial charge in [-0.25, -0.2) is 0 Å². The van der Waals surface area contributed by atoms with Crippen molar-refractivity contribution in [3.05, 3.63) is 28.8 Å². The lowest BCUT2D eigenvalue weighted by atomic mass is 10.0. The molecule has 1 N–H and O–H groups in total. The van der Waals surface area contributed by atoms with Crippen LogP contribution in [0.4, 0.5) is 5.69 Å². The number of alkyl halides is 2. The molecule has 0 radical (unpaired) electrons. The Morgan fingerprint density at radius 1 is 1.00 bits per heavy atom. The van der Waals surface area contributed by atoms with Crippen molar-refractivity contribution in [2.24, 2.45) is 29.6 Å². The zero-order valence-electron chi connectivity index (χ0n) is 14.5. The van der Waals surface area contributed by atoms with E-state index in [-0.39, 0.29) is 11.8 Å². The van der Waals surface area contributed by atoms with Crippen molar-refractivity contribution in [2.75, 3.05) is 5.32 Å². The van der Waals surface area contributed by atoms with Gasteiger partial charge in [-0.15, -0.1) is 23.2 Å². The molecule has 3 aliphatic carbocycles. The van der Waals surface area contributed by atoms with E-state index in [0.29, 0.717) is 23.7 Å². The summed E-state index contributed by atoms with van der Waals surface area (Å²) in [5.74, 6) is 2.35. The van der Waals surface area contributed by atoms with Gasteiger partial charge in [0.1, 0.15) is 4.33 Å². The van der Waals surface area contributed by atoms with E-state index >= 15 is 0 Å². The van der Waals surface area contributed by atoms with Gasteiger partial charge in [0.15, 0.2) is 0 Å². The van der Waals surface area contributed by atoms with Crippen molar-refractivity contribution in [1.82, 2.24) is 0 Å². The minimum absolute atomic E-state index is 0.183. The van der Waals surface area contributed by atoms with Crippen LogP contribution in [0.2, 0.25) is 0 Å². The number of nitrogens with one attached hydrogen (secondary N) is 1. The second kappa shape index (κ2) is 5.64. The SMILES string of the molecule is Cc1cc(C)c(NC(=O)C2[C@H]3CC[C@H]4[C@@H](CC[C@@H]23)C4(Cl)Cl)c(C)c1. The normalized spacial score (nSPS) is 36.0. The Balaban J connectivity index is 1.43. The lowest BCUT2D eigenvalue weighted by Gasteiger charge is -2.13. The van der Waals surface area contributed by atoms with Gasteiger partial charge in [0.2, 0.25) is 5.91 Å². The van der Waals surface area contributed by atoms with Crippen molar-refractivity contribution < 1.29 is 4.79 Å². The molecule has 130 valence electrons. The standard InChI is InChI=1S/C20H25Cl2NO/c1-10-8-11(2)18(12(3)9-10)23-19(24)17-13-4-6-15-16(20(15,21)22)7-5-14(13)17/h8-9,13-17H,4-7H2,1-3H3,(H,23,24)/t13-,14+,15-,16+,17?. The lowest BCUT2D eigenvalue weighted by molar-refractivity contribution is -0.117. The summed E-state index contributed by atoms with van der Waals surface area (Å²) < 4.78 is -0.481. The number of hydrogen-bond donors (Lipinski definition) is 1. The number of anilines is 1. The van der Waals surface area contributed by atoms with E-state index in [1.54, 1.807) is 0 Å². The number of rotatable bonds is 2. The first-order valence-electron chi connectivity index (χ1n) is 9.07. The first kappa shape index (κ1) is 16.7. The monoisotopic (exact) mass is 365 g/mol. The molecule has 5 atom stereocenters. The summed E-state index contributed by atoms with van der Waals surface area (Å²) in [4.78, 5) is 12.8. The molecular formula is C20H25Cl2NO. The first-order chi connectivity index (χ1) is 11.3. The molecule has 4 heteroatoms. The Hall–Kier alpha value is -0.730. The summed E-state index contributed by atoms with van der Waals surface area (Å²) in [6, 6.07) is 4.26.